The van der Waals surface area contributed by atoms with Gasteiger partial charge in [0.1, 0.15) is 0 Å². The highest BCUT2D eigenvalue weighted by Crippen LogP contribution is 2.67. The zero-order valence-corrected chi connectivity index (χ0v) is 19.6. The molecule has 1 N–H and O–H groups in total. The van der Waals surface area contributed by atoms with Crippen molar-refractivity contribution in [2.45, 2.75) is 75.5 Å². The zero-order valence-electron chi connectivity index (χ0n) is 19.6. The second kappa shape index (κ2) is 7.01. The van der Waals surface area contributed by atoms with E-state index in [0.29, 0.717) is 12.0 Å². The fraction of sp³-hybridized carbons (Fsp3) is 0.630. The van der Waals surface area contributed by atoms with Gasteiger partial charge < -0.3 is 15.0 Å². The van der Waals surface area contributed by atoms with Crippen molar-refractivity contribution in [2.75, 3.05) is 19.4 Å². The highest BCUT2D eigenvalue weighted by molar-refractivity contribution is 5.93. The van der Waals surface area contributed by atoms with Crippen molar-refractivity contribution in [3.63, 3.8) is 0 Å². The van der Waals surface area contributed by atoms with E-state index in [0.717, 1.165) is 50.6 Å². The lowest BCUT2D eigenvalue weighted by atomic mass is 9.58. The van der Waals surface area contributed by atoms with Crippen molar-refractivity contribution in [3.05, 3.63) is 47.8 Å². The van der Waals surface area contributed by atoms with E-state index in [1.54, 1.807) is 12.4 Å². The minimum atomic E-state index is -0.200. The molecule has 2 spiro atoms. The predicted octanol–water partition coefficient (Wildman–Crippen LogP) is 4.72. The molecule has 2 bridgehead atoms. The Hall–Kier alpha value is -1.98. The number of anilines is 1. The highest BCUT2D eigenvalue weighted by atomic mass is 16.5. The van der Waals surface area contributed by atoms with Gasteiger partial charge in [-0.25, -0.2) is 0 Å². The van der Waals surface area contributed by atoms with Crippen LogP contribution in [-0.2, 0) is 9.53 Å². The first-order chi connectivity index (χ1) is 15.4. The Labute approximate surface area is 191 Å². The fourth-order valence-electron chi connectivity index (χ4n) is 7.92. The van der Waals surface area contributed by atoms with Gasteiger partial charge in [-0.05, 0) is 100 Å². The van der Waals surface area contributed by atoms with Crippen molar-refractivity contribution >= 4 is 11.6 Å². The number of allylic oxidation sites excluding steroid dienone is 1. The smallest absolute Gasteiger partial charge is 0.228 e. The van der Waals surface area contributed by atoms with Crippen LogP contribution in [0.25, 0.3) is 0 Å². The van der Waals surface area contributed by atoms with E-state index in [9.17, 15) is 4.79 Å². The average Bonchev–Trinajstić information content (AvgIpc) is 3.29. The third-order valence-electron chi connectivity index (χ3n) is 9.63. The molecule has 5 nitrogen and oxygen atoms in total. The maximum atomic E-state index is 13.4. The first-order valence-electron chi connectivity index (χ1n) is 12.4. The standard InChI is InChI=1S/C27H35N3O2/c1-25-11-10-19-15-18-6-7-21(30(2)3)16-26(18)12-13-27(19,32-26)23(25)9-8-22(25)24(31)29-20-5-4-14-28-17-20/h4-5,10,14-15,17,21-23H,6-9,11-13,16H2,1-3H3,(H,29,31)/t21-,22?,23-,25-,26-,27?/m1/s1. The predicted molar refractivity (Wildman–Crippen MR) is 125 cm³/mol. The molecule has 32 heavy (non-hydrogen) atoms. The molecule has 3 aliphatic carbocycles. The molecular formula is C27H35N3O2. The Bertz CT molecular complexity index is 1000. The van der Waals surface area contributed by atoms with Gasteiger partial charge in [0.25, 0.3) is 0 Å². The van der Waals surface area contributed by atoms with Crippen LogP contribution in [0.1, 0.15) is 58.3 Å². The van der Waals surface area contributed by atoms with Gasteiger partial charge in [-0.3, -0.25) is 9.78 Å². The number of amides is 1. The molecule has 0 radical (unpaired) electrons. The lowest BCUT2D eigenvalue weighted by molar-refractivity contribution is -0.146. The molecule has 1 aromatic rings. The summed E-state index contributed by atoms with van der Waals surface area (Å²) >= 11 is 0. The van der Waals surface area contributed by atoms with Crippen molar-refractivity contribution < 1.29 is 9.53 Å². The summed E-state index contributed by atoms with van der Waals surface area (Å²) < 4.78 is 7.28. The van der Waals surface area contributed by atoms with Crippen molar-refractivity contribution in [1.82, 2.24) is 9.88 Å². The number of ether oxygens (including phenoxy) is 1. The maximum absolute atomic E-state index is 13.4. The molecule has 5 heteroatoms. The number of hydrogen-bond donors (Lipinski definition) is 1. The Morgan fingerprint density at radius 2 is 2.12 bits per heavy atom. The van der Waals surface area contributed by atoms with E-state index >= 15 is 0 Å². The molecule has 5 aliphatic rings. The minimum absolute atomic E-state index is 0.00582. The number of carbonyl (C=O) groups is 1. The molecule has 170 valence electrons. The summed E-state index contributed by atoms with van der Waals surface area (Å²) in [6.45, 7) is 2.34. The molecule has 3 fully saturated rings. The number of nitrogens with one attached hydrogen (secondary N) is 1. The Kier molecular flexibility index (Phi) is 4.51. The monoisotopic (exact) mass is 433 g/mol. The van der Waals surface area contributed by atoms with Crippen molar-refractivity contribution in [2.24, 2.45) is 17.3 Å². The number of pyridine rings is 1. The molecule has 3 heterocycles. The topological polar surface area (TPSA) is 54.5 Å². The van der Waals surface area contributed by atoms with E-state index in [1.165, 1.54) is 17.6 Å². The van der Waals surface area contributed by atoms with Gasteiger partial charge in [-0.15, -0.1) is 0 Å². The third kappa shape index (κ3) is 2.76. The Morgan fingerprint density at radius 3 is 2.91 bits per heavy atom. The SMILES string of the molecule is CN(C)[C@@H]1CCC2=CC3=CC[C@]4(C)C(C(=O)Nc5cccnc5)CC[C@H]4C34CC[C@]2(C1)O4. The Morgan fingerprint density at radius 1 is 1.25 bits per heavy atom. The van der Waals surface area contributed by atoms with Crippen LogP contribution >= 0.6 is 0 Å². The molecule has 2 unspecified atom stereocenters. The van der Waals surface area contributed by atoms with Crippen LogP contribution in [0.3, 0.4) is 0 Å². The van der Waals surface area contributed by atoms with Gasteiger partial charge in [0, 0.05) is 18.2 Å². The highest BCUT2D eigenvalue weighted by Gasteiger charge is 2.67. The molecule has 1 saturated heterocycles. The van der Waals surface area contributed by atoms with E-state index in [2.05, 4.69) is 48.4 Å². The summed E-state index contributed by atoms with van der Waals surface area (Å²) in [6, 6.07) is 4.37. The van der Waals surface area contributed by atoms with E-state index in [4.69, 9.17) is 4.74 Å². The van der Waals surface area contributed by atoms with Gasteiger partial charge >= 0.3 is 0 Å². The van der Waals surface area contributed by atoms with Crippen LogP contribution in [0.2, 0.25) is 0 Å². The summed E-state index contributed by atoms with van der Waals surface area (Å²) in [6.07, 6.45) is 17.1. The van der Waals surface area contributed by atoms with Gasteiger partial charge in [0.05, 0.1) is 23.1 Å². The molecule has 2 aliphatic heterocycles. The molecule has 1 aromatic heterocycles. The number of nitrogens with zero attached hydrogens (tertiary/aromatic N) is 2. The number of aromatic nitrogens is 1. The largest absolute Gasteiger partial charge is 0.359 e. The molecule has 2 saturated carbocycles. The van der Waals surface area contributed by atoms with Gasteiger partial charge in [0.15, 0.2) is 0 Å². The van der Waals surface area contributed by atoms with Gasteiger partial charge in [-0.1, -0.05) is 19.1 Å². The first-order valence-corrected chi connectivity index (χ1v) is 12.4. The summed E-state index contributed by atoms with van der Waals surface area (Å²) in [5, 5.41) is 3.14. The quantitative estimate of drug-likeness (QED) is 0.749. The van der Waals surface area contributed by atoms with Gasteiger partial charge in [0.2, 0.25) is 5.91 Å². The number of hydrogen-bond acceptors (Lipinski definition) is 4. The summed E-state index contributed by atoms with van der Waals surface area (Å²) in [5.41, 5.74) is 3.38. The molecular weight excluding hydrogens is 398 g/mol. The van der Waals surface area contributed by atoms with Crippen molar-refractivity contribution in [3.8, 4) is 0 Å². The molecule has 6 atom stereocenters. The second-order valence-electron chi connectivity index (χ2n) is 11.3. The summed E-state index contributed by atoms with van der Waals surface area (Å²) in [5.74, 6) is 0.546. The lowest BCUT2D eigenvalue weighted by Crippen LogP contribution is -2.55. The fourth-order valence-corrected chi connectivity index (χ4v) is 7.92. The van der Waals surface area contributed by atoms with Crippen LogP contribution in [0.15, 0.2) is 47.8 Å². The zero-order chi connectivity index (χ0) is 22.1. The molecule has 6 rings (SSSR count). The number of carbonyl (C=O) groups excluding carboxylic acids is 1. The van der Waals surface area contributed by atoms with Crippen LogP contribution in [0, 0.1) is 17.3 Å². The summed E-state index contributed by atoms with van der Waals surface area (Å²) in [4.78, 5) is 19.9. The number of rotatable bonds is 3. The third-order valence-corrected chi connectivity index (χ3v) is 9.63. The Balaban J connectivity index is 1.31. The van der Waals surface area contributed by atoms with Crippen LogP contribution in [-0.4, -0.2) is 47.1 Å². The van der Waals surface area contributed by atoms with Crippen LogP contribution < -0.4 is 5.32 Å². The maximum Gasteiger partial charge on any atom is 0.228 e. The summed E-state index contributed by atoms with van der Waals surface area (Å²) in [7, 11) is 4.41. The lowest BCUT2D eigenvalue weighted by Gasteiger charge is -2.54. The second-order valence-corrected chi connectivity index (χ2v) is 11.3. The minimum Gasteiger partial charge on any atom is -0.359 e. The molecule has 1 amide bonds. The number of fused-ring (bicyclic) bond motifs is 1. The van der Waals surface area contributed by atoms with E-state index < -0.39 is 0 Å². The average molecular weight is 434 g/mol. The van der Waals surface area contributed by atoms with E-state index in [-0.39, 0.29) is 28.4 Å². The molecule has 0 aromatic carbocycles. The van der Waals surface area contributed by atoms with E-state index in [1.807, 2.05) is 12.1 Å². The first kappa shape index (κ1) is 20.6. The normalized spacial score (nSPS) is 41.9. The van der Waals surface area contributed by atoms with Crippen LogP contribution in [0.5, 0.6) is 0 Å². The van der Waals surface area contributed by atoms with Gasteiger partial charge in [-0.2, -0.15) is 0 Å². The van der Waals surface area contributed by atoms with Crippen molar-refractivity contribution in [1.29, 1.82) is 0 Å². The van der Waals surface area contributed by atoms with Crippen LogP contribution in [0.4, 0.5) is 5.69 Å².